The molecule has 94 valence electrons. The molecule has 0 saturated carbocycles. The summed E-state index contributed by atoms with van der Waals surface area (Å²) < 4.78 is 9.85. The van der Waals surface area contributed by atoms with Gasteiger partial charge in [-0.15, -0.1) is 11.3 Å². The van der Waals surface area contributed by atoms with Gasteiger partial charge in [0, 0.05) is 5.38 Å². The number of carbonyl (C=O) groups is 2. The zero-order chi connectivity index (χ0) is 12.9. The molecular weight excluding hydrogens is 242 g/mol. The lowest BCUT2D eigenvalue weighted by atomic mass is 9.87. The summed E-state index contributed by atoms with van der Waals surface area (Å²) in [4.78, 5) is 27.9. The predicted octanol–water partition coefficient (Wildman–Crippen LogP) is 1.53. The van der Waals surface area contributed by atoms with Crippen LogP contribution in [-0.2, 0) is 24.5 Å². The van der Waals surface area contributed by atoms with E-state index in [0.717, 1.165) is 0 Å². The van der Waals surface area contributed by atoms with Crippen LogP contribution < -0.4 is 0 Å². The van der Waals surface area contributed by atoms with Crippen LogP contribution in [0.25, 0.3) is 0 Å². The fourth-order valence-electron chi connectivity index (χ4n) is 1.30. The Balaban J connectivity index is 3.09. The van der Waals surface area contributed by atoms with Gasteiger partial charge in [0.15, 0.2) is 0 Å². The quantitative estimate of drug-likeness (QED) is 0.591. The number of carbonyl (C=O) groups excluding carboxylic acids is 2. The van der Waals surface area contributed by atoms with Gasteiger partial charge in [-0.1, -0.05) is 0 Å². The maximum Gasteiger partial charge on any atom is 0.329 e. The molecule has 5 nitrogen and oxygen atoms in total. The maximum absolute atomic E-state index is 11.9. The van der Waals surface area contributed by atoms with E-state index < -0.39 is 17.4 Å². The Hall–Kier alpha value is -1.43. The zero-order valence-corrected chi connectivity index (χ0v) is 10.9. The Bertz CT molecular complexity index is 370. The van der Waals surface area contributed by atoms with E-state index in [9.17, 15) is 9.59 Å². The van der Waals surface area contributed by atoms with E-state index in [0.29, 0.717) is 5.69 Å². The van der Waals surface area contributed by atoms with E-state index in [-0.39, 0.29) is 13.2 Å². The molecule has 0 aliphatic rings. The average Bonchev–Trinajstić information content (AvgIpc) is 2.82. The molecule has 1 heterocycles. The minimum absolute atomic E-state index is 0.206. The van der Waals surface area contributed by atoms with Crippen LogP contribution in [0.5, 0.6) is 0 Å². The highest BCUT2D eigenvalue weighted by Gasteiger charge is 2.47. The predicted molar refractivity (Wildman–Crippen MR) is 62.7 cm³/mol. The average molecular weight is 257 g/mol. The fourth-order valence-corrected chi connectivity index (χ4v) is 1.96. The molecule has 0 radical (unpaired) electrons. The van der Waals surface area contributed by atoms with E-state index in [1.807, 2.05) is 0 Å². The Kier molecular flexibility index (Phi) is 4.62. The van der Waals surface area contributed by atoms with E-state index in [2.05, 4.69) is 4.98 Å². The van der Waals surface area contributed by atoms with Gasteiger partial charge in [-0.05, 0) is 20.8 Å². The molecule has 0 aromatic carbocycles. The van der Waals surface area contributed by atoms with Gasteiger partial charge in [-0.2, -0.15) is 0 Å². The van der Waals surface area contributed by atoms with Crippen LogP contribution >= 0.6 is 11.3 Å². The standard InChI is InChI=1S/C11H15NO4S/c1-4-15-9(13)11(3,10(14)16-5-2)8-6-17-7-12-8/h6-7H,4-5H2,1-3H3. The molecule has 0 fully saturated rings. The topological polar surface area (TPSA) is 65.5 Å². The molecule has 0 spiro atoms. The smallest absolute Gasteiger partial charge is 0.329 e. The summed E-state index contributed by atoms with van der Waals surface area (Å²) in [5, 5.41) is 1.65. The summed E-state index contributed by atoms with van der Waals surface area (Å²) in [6.07, 6.45) is 0. The molecule has 6 heteroatoms. The molecule has 0 amide bonds. The summed E-state index contributed by atoms with van der Waals surface area (Å²) in [5.74, 6) is -1.27. The van der Waals surface area contributed by atoms with Gasteiger partial charge in [0.2, 0.25) is 5.41 Å². The zero-order valence-electron chi connectivity index (χ0n) is 10.1. The van der Waals surface area contributed by atoms with Crippen molar-refractivity contribution in [2.75, 3.05) is 13.2 Å². The van der Waals surface area contributed by atoms with Crippen LogP contribution in [0.3, 0.4) is 0 Å². The van der Waals surface area contributed by atoms with Crippen molar-refractivity contribution >= 4 is 23.3 Å². The Morgan fingerprint density at radius 1 is 1.29 bits per heavy atom. The van der Waals surface area contributed by atoms with Crippen molar-refractivity contribution < 1.29 is 19.1 Å². The highest BCUT2D eigenvalue weighted by atomic mass is 32.1. The lowest BCUT2D eigenvalue weighted by molar-refractivity contribution is -0.164. The first-order chi connectivity index (χ1) is 8.07. The number of hydrogen-bond acceptors (Lipinski definition) is 6. The third-order valence-corrected chi connectivity index (χ3v) is 2.90. The van der Waals surface area contributed by atoms with Gasteiger partial charge in [0.1, 0.15) is 0 Å². The molecule has 0 atom stereocenters. The summed E-state index contributed by atoms with van der Waals surface area (Å²) in [7, 11) is 0. The second kappa shape index (κ2) is 5.77. The largest absolute Gasteiger partial charge is 0.465 e. The van der Waals surface area contributed by atoms with Crippen molar-refractivity contribution in [3.05, 3.63) is 16.6 Å². The van der Waals surface area contributed by atoms with E-state index in [1.165, 1.54) is 18.3 Å². The maximum atomic E-state index is 11.9. The molecule has 0 bridgehead atoms. The number of esters is 2. The molecule has 1 aromatic heterocycles. The van der Waals surface area contributed by atoms with Crippen LogP contribution in [-0.4, -0.2) is 30.1 Å². The number of aromatic nitrogens is 1. The van der Waals surface area contributed by atoms with E-state index in [4.69, 9.17) is 9.47 Å². The van der Waals surface area contributed by atoms with Gasteiger partial charge in [0.25, 0.3) is 0 Å². The molecule has 0 unspecified atom stereocenters. The summed E-state index contributed by atoms with van der Waals surface area (Å²) in [5.41, 5.74) is 0.442. The van der Waals surface area contributed by atoms with Gasteiger partial charge in [-0.25, -0.2) is 4.98 Å². The van der Waals surface area contributed by atoms with Gasteiger partial charge >= 0.3 is 11.9 Å². The Morgan fingerprint density at radius 3 is 2.18 bits per heavy atom. The first kappa shape index (κ1) is 13.6. The lowest BCUT2D eigenvalue weighted by Crippen LogP contribution is -2.43. The van der Waals surface area contributed by atoms with Crippen molar-refractivity contribution in [2.24, 2.45) is 0 Å². The lowest BCUT2D eigenvalue weighted by Gasteiger charge is -2.22. The van der Waals surface area contributed by atoms with Crippen molar-refractivity contribution in [1.29, 1.82) is 0 Å². The number of ether oxygens (including phenoxy) is 2. The molecule has 0 aliphatic heterocycles. The van der Waals surface area contributed by atoms with Crippen LogP contribution in [0.2, 0.25) is 0 Å². The van der Waals surface area contributed by atoms with Crippen LogP contribution in [0.1, 0.15) is 26.5 Å². The fraction of sp³-hybridized carbons (Fsp3) is 0.545. The number of nitrogens with zero attached hydrogens (tertiary/aromatic N) is 1. The molecule has 1 rings (SSSR count). The third kappa shape index (κ3) is 2.63. The molecule has 0 aliphatic carbocycles. The molecule has 1 aromatic rings. The van der Waals surface area contributed by atoms with Crippen molar-refractivity contribution in [2.45, 2.75) is 26.2 Å². The van der Waals surface area contributed by atoms with Crippen LogP contribution in [0.15, 0.2) is 10.9 Å². The summed E-state index contributed by atoms with van der Waals surface area (Å²) >= 11 is 1.31. The van der Waals surface area contributed by atoms with Crippen LogP contribution in [0.4, 0.5) is 0 Å². The van der Waals surface area contributed by atoms with Crippen molar-refractivity contribution in [3.8, 4) is 0 Å². The molecule has 0 saturated heterocycles. The minimum Gasteiger partial charge on any atom is -0.465 e. The van der Waals surface area contributed by atoms with E-state index in [1.54, 1.807) is 24.7 Å². The number of hydrogen-bond donors (Lipinski definition) is 0. The first-order valence-electron chi connectivity index (χ1n) is 5.30. The molecular formula is C11H15NO4S. The van der Waals surface area contributed by atoms with Crippen molar-refractivity contribution in [1.82, 2.24) is 4.98 Å². The first-order valence-corrected chi connectivity index (χ1v) is 6.24. The van der Waals surface area contributed by atoms with Gasteiger partial charge in [0.05, 0.1) is 24.4 Å². The second-order valence-electron chi connectivity index (χ2n) is 3.44. The third-order valence-electron chi connectivity index (χ3n) is 2.31. The monoisotopic (exact) mass is 257 g/mol. The normalized spacial score (nSPS) is 11.0. The summed E-state index contributed by atoms with van der Waals surface area (Å²) in [6, 6.07) is 0. The Morgan fingerprint density at radius 2 is 1.82 bits per heavy atom. The molecule has 17 heavy (non-hydrogen) atoms. The molecule has 0 N–H and O–H groups in total. The van der Waals surface area contributed by atoms with Gasteiger partial charge in [-0.3, -0.25) is 9.59 Å². The SMILES string of the molecule is CCOC(=O)C(C)(C(=O)OCC)c1cscn1. The number of thiazole rings is 1. The van der Waals surface area contributed by atoms with Gasteiger partial charge < -0.3 is 9.47 Å². The van der Waals surface area contributed by atoms with E-state index >= 15 is 0 Å². The second-order valence-corrected chi connectivity index (χ2v) is 4.16. The number of rotatable bonds is 5. The van der Waals surface area contributed by atoms with Crippen LogP contribution in [0, 0.1) is 0 Å². The highest BCUT2D eigenvalue weighted by Crippen LogP contribution is 2.27. The van der Waals surface area contributed by atoms with Crippen molar-refractivity contribution in [3.63, 3.8) is 0 Å². The minimum atomic E-state index is -1.48. The summed E-state index contributed by atoms with van der Waals surface area (Å²) in [6.45, 7) is 5.25. The highest BCUT2D eigenvalue weighted by molar-refractivity contribution is 7.07. The Labute approximate surface area is 104 Å².